The van der Waals surface area contributed by atoms with E-state index in [1.165, 1.54) is 6.07 Å². The second-order valence-electron chi connectivity index (χ2n) is 4.65. The number of nitrogens with one attached hydrogen (secondary N) is 1. The number of nitrogens with zero attached hydrogens (tertiary/aromatic N) is 3. The van der Waals surface area contributed by atoms with Gasteiger partial charge in [-0.05, 0) is 20.8 Å². The number of hydrogen-bond donors (Lipinski definition) is 2. The highest BCUT2D eigenvalue weighted by Crippen LogP contribution is 2.24. The van der Waals surface area contributed by atoms with Crippen molar-refractivity contribution in [1.82, 2.24) is 9.97 Å². The molecule has 0 atom stereocenters. The van der Waals surface area contributed by atoms with Crippen LogP contribution in [0, 0.1) is 0 Å². The first-order chi connectivity index (χ1) is 9.76. The first-order valence-corrected chi connectivity index (χ1v) is 6.52. The fourth-order valence-corrected chi connectivity index (χ4v) is 1.68. The molecule has 1 heterocycles. The Morgan fingerprint density at radius 1 is 1.38 bits per heavy atom. The summed E-state index contributed by atoms with van der Waals surface area (Å²) in [6, 6.07) is 0.994. The molecule has 0 aliphatic heterocycles. The third kappa shape index (κ3) is 5.72. The zero-order chi connectivity index (χ0) is 16.0. The number of halogens is 3. The molecule has 1 aromatic rings. The summed E-state index contributed by atoms with van der Waals surface area (Å²) in [5.74, 6) is 5.96. The summed E-state index contributed by atoms with van der Waals surface area (Å²) in [5, 5.41) is 0. The highest BCUT2D eigenvalue weighted by Gasteiger charge is 2.32. The molecule has 0 radical (unpaired) electrons. The van der Waals surface area contributed by atoms with Gasteiger partial charge in [-0.1, -0.05) is 0 Å². The Bertz CT molecular complexity index is 453. The van der Waals surface area contributed by atoms with E-state index in [4.69, 9.17) is 10.6 Å². The molecule has 1 aromatic heterocycles. The third-order valence-electron chi connectivity index (χ3n) is 2.61. The summed E-state index contributed by atoms with van der Waals surface area (Å²) < 4.78 is 43.2. The summed E-state index contributed by atoms with van der Waals surface area (Å²) >= 11 is 0. The van der Waals surface area contributed by atoms with Gasteiger partial charge < -0.3 is 15.1 Å². The quantitative estimate of drug-likeness (QED) is 0.593. The number of aromatic nitrogens is 2. The van der Waals surface area contributed by atoms with Crippen LogP contribution in [0.4, 0.5) is 24.8 Å². The fraction of sp³-hybridized carbons (Fsp3) is 0.667. The van der Waals surface area contributed by atoms with Gasteiger partial charge in [0.1, 0.15) is 24.8 Å². The molecule has 1 rings (SSSR count). The summed E-state index contributed by atoms with van der Waals surface area (Å²) in [5.41, 5.74) is 2.33. The van der Waals surface area contributed by atoms with Crippen LogP contribution in [0.2, 0.25) is 0 Å². The van der Waals surface area contributed by atoms with Gasteiger partial charge in [0.2, 0.25) is 0 Å². The molecular formula is C12H20F3N5O. The predicted molar refractivity (Wildman–Crippen MR) is 73.7 cm³/mol. The average molecular weight is 307 g/mol. The predicted octanol–water partition coefficient (Wildman–Crippen LogP) is 2.08. The number of nitrogen functional groups attached to an aromatic ring is 1. The molecule has 21 heavy (non-hydrogen) atoms. The largest absolute Gasteiger partial charge is 0.405 e. The Kier molecular flexibility index (Phi) is 6.16. The normalized spacial score (nSPS) is 11.8. The summed E-state index contributed by atoms with van der Waals surface area (Å²) in [7, 11) is 0. The smallest absolute Gasteiger partial charge is 0.374 e. The molecule has 0 amide bonds. The zero-order valence-electron chi connectivity index (χ0n) is 12.2. The Labute approximate surface area is 121 Å². The van der Waals surface area contributed by atoms with Gasteiger partial charge in [-0.2, -0.15) is 13.2 Å². The lowest BCUT2D eigenvalue weighted by Gasteiger charge is -2.29. The van der Waals surface area contributed by atoms with E-state index in [-0.39, 0.29) is 30.1 Å². The van der Waals surface area contributed by atoms with Crippen molar-refractivity contribution < 1.29 is 17.9 Å². The van der Waals surface area contributed by atoms with Crippen molar-refractivity contribution in [2.24, 2.45) is 5.84 Å². The number of hydrazine groups is 1. The van der Waals surface area contributed by atoms with Crippen LogP contribution in [0.15, 0.2) is 6.07 Å². The van der Waals surface area contributed by atoms with Gasteiger partial charge in [0.25, 0.3) is 0 Å². The minimum atomic E-state index is -4.33. The monoisotopic (exact) mass is 307 g/mol. The van der Waals surface area contributed by atoms with Gasteiger partial charge in [0, 0.05) is 18.7 Å². The number of alkyl halides is 3. The van der Waals surface area contributed by atoms with Gasteiger partial charge >= 0.3 is 6.18 Å². The van der Waals surface area contributed by atoms with Crippen LogP contribution >= 0.6 is 0 Å². The maximum absolute atomic E-state index is 12.7. The zero-order valence-corrected chi connectivity index (χ0v) is 12.2. The van der Waals surface area contributed by atoms with E-state index in [0.29, 0.717) is 6.61 Å². The molecule has 0 unspecified atom stereocenters. The molecule has 6 nitrogen and oxygen atoms in total. The van der Waals surface area contributed by atoms with Crippen molar-refractivity contribution in [1.29, 1.82) is 0 Å². The van der Waals surface area contributed by atoms with Crippen LogP contribution in [0.5, 0.6) is 0 Å². The van der Waals surface area contributed by atoms with Crippen LogP contribution in [-0.2, 0) is 11.3 Å². The molecule has 0 saturated heterocycles. The van der Waals surface area contributed by atoms with E-state index >= 15 is 0 Å². The molecule has 0 bridgehead atoms. The van der Waals surface area contributed by atoms with Crippen molar-refractivity contribution in [2.75, 3.05) is 23.5 Å². The number of anilines is 2. The Hall–Kier alpha value is -1.61. The van der Waals surface area contributed by atoms with Crippen molar-refractivity contribution in [3.8, 4) is 0 Å². The van der Waals surface area contributed by atoms with E-state index in [0.717, 1.165) is 4.90 Å². The Morgan fingerprint density at radius 3 is 2.52 bits per heavy atom. The third-order valence-corrected chi connectivity index (χ3v) is 2.61. The van der Waals surface area contributed by atoms with Crippen molar-refractivity contribution in [2.45, 2.75) is 39.6 Å². The van der Waals surface area contributed by atoms with Gasteiger partial charge in [-0.25, -0.2) is 15.8 Å². The van der Waals surface area contributed by atoms with Crippen LogP contribution < -0.4 is 16.2 Å². The van der Waals surface area contributed by atoms with E-state index in [9.17, 15) is 13.2 Å². The molecule has 0 aliphatic carbocycles. The minimum Gasteiger partial charge on any atom is -0.374 e. The standard InChI is InChI=1S/C12H20F3N5O/c1-4-21-6-10-17-9(19-16)5-11(18-10)20(8(2)3)7-12(13,14)15/h5,8H,4,6-7,16H2,1-3H3,(H,17,18,19). The van der Waals surface area contributed by atoms with Crippen LogP contribution in [-0.4, -0.2) is 35.3 Å². The molecule has 0 aliphatic rings. The van der Waals surface area contributed by atoms with Gasteiger partial charge in [-0.3, -0.25) is 0 Å². The number of ether oxygens (including phenoxy) is 1. The Morgan fingerprint density at radius 2 is 2.05 bits per heavy atom. The maximum Gasteiger partial charge on any atom is 0.405 e. The summed E-state index contributed by atoms with van der Waals surface area (Å²) in [4.78, 5) is 9.30. The van der Waals surface area contributed by atoms with Gasteiger partial charge in [0.05, 0.1) is 0 Å². The molecule has 9 heteroatoms. The second-order valence-corrected chi connectivity index (χ2v) is 4.65. The molecule has 0 fully saturated rings. The Balaban J connectivity index is 3.11. The van der Waals surface area contributed by atoms with Crippen molar-refractivity contribution in [3.05, 3.63) is 11.9 Å². The first-order valence-electron chi connectivity index (χ1n) is 6.52. The highest BCUT2D eigenvalue weighted by molar-refractivity contribution is 5.49. The van der Waals surface area contributed by atoms with E-state index < -0.39 is 12.7 Å². The maximum atomic E-state index is 12.7. The molecular weight excluding hydrogens is 287 g/mol. The summed E-state index contributed by atoms with van der Waals surface area (Å²) in [6.45, 7) is 4.58. The lowest BCUT2D eigenvalue weighted by Crippen LogP contribution is -2.40. The number of hydrogen-bond acceptors (Lipinski definition) is 6. The molecule has 0 spiro atoms. The van der Waals surface area contributed by atoms with Crippen LogP contribution in [0.3, 0.4) is 0 Å². The SMILES string of the molecule is CCOCc1nc(NN)cc(N(CC(F)(F)F)C(C)C)n1. The van der Waals surface area contributed by atoms with Crippen LogP contribution in [0.25, 0.3) is 0 Å². The van der Waals surface area contributed by atoms with Gasteiger partial charge in [0.15, 0.2) is 5.82 Å². The lowest BCUT2D eigenvalue weighted by atomic mass is 10.3. The fourth-order valence-electron chi connectivity index (χ4n) is 1.68. The number of nitrogens with two attached hydrogens (primary N) is 1. The van der Waals surface area contributed by atoms with Crippen molar-refractivity contribution in [3.63, 3.8) is 0 Å². The van der Waals surface area contributed by atoms with Crippen LogP contribution in [0.1, 0.15) is 26.6 Å². The van der Waals surface area contributed by atoms with Gasteiger partial charge in [-0.15, -0.1) is 0 Å². The topological polar surface area (TPSA) is 76.3 Å². The lowest BCUT2D eigenvalue weighted by molar-refractivity contribution is -0.120. The molecule has 3 N–H and O–H groups in total. The second kappa shape index (κ2) is 7.41. The van der Waals surface area contributed by atoms with Crippen molar-refractivity contribution >= 4 is 11.6 Å². The summed E-state index contributed by atoms with van der Waals surface area (Å²) in [6.07, 6.45) is -4.33. The highest BCUT2D eigenvalue weighted by atomic mass is 19.4. The average Bonchev–Trinajstić information content (AvgIpc) is 2.40. The first kappa shape index (κ1) is 17.4. The minimum absolute atomic E-state index is 0.108. The van der Waals surface area contributed by atoms with E-state index in [1.54, 1.807) is 20.8 Å². The molecule has 0 saturated carbocycles. The molecule has 120 valence electrons. The molecule has 0 aromatic carbocycles. The number of rotatable bonds is 7. The van der Waals surface area contributed by atoms with E-state index in [2.05, 4.69) is 15.4 Å². The van der Waals surface area contributed by atoms with E-state index in [1.807, 2.05) is 0 Å².